The second kappa shape index (κ2) is 6.39. The first-order chi connectivity index (χ1) is 10.0. The molecule has 2 heterocycles. The summed E-state index contributed by atoms with van der Waals surface area (Å²) in [5.41, 5.74) is 0.490. The summed E-state index contributed by atoms with van der Waals surface area (Å²) in [4.78, 5) is 31.6. The largest absolute Gasteiger partial charge is 0.349 e. The number of likely N-dealkylation sites (tertiary alicyclic amines) is 1. The molecule has 0 spiro atoms. The van der Waals surface area contributed by atoms with E-state index in [2.05, 4.69) is 16.9 Å². The molecule has 1 aliphatic rings. The second-order valence-corrected chi connectivity index (χ2v) is 5.08. The maximum Gasteiger partial charge on any atom is 0.253 e. The minimum Gasteiger partial charge on any atom is -0.349 e. The maximum atomic E-state index is 12.0. The zero-order valence-electron chi connectivity index (χ0n) is 12.4. The number of hydrogen-bond acceptors (Lipinski definition) is 4. The van der Waals surface area contributed by atoms with Gasteiger partial charge in [0.1, 0.15) is 11.9 Å². The number of carbonyl (C=O) groups excluding carboxylic acids is 2. The molecule has 1 atom stereocenters. The van der Waals surface area contributed by atoms with Crippen LogP contribution in [0.15, 0.2) is 31.0 Å². The van der Waals surface area contributed by atoms with E-state index in [1.807, 2.05) is 11.9 Å². The van der Waals surface area contributed by atoms with Crippen LogP contribution in [0.5, 0.6) is 0 Å². The molecule has 6 nitrogen and oxygen atoms in total. The van der Waals surface area contributed by atoms with Crippen LogP contribution in [-0.2, 0) is 4.79 Å². The van der Waals surface area contributed by atoms with E-state index in [1.54, 1.807) is 30.2 Å². The monoisotopic (exact) mass is 288 g/mol. The molecule has 0 saturated carbocycles. The smallest absolute Gasteiger partial charge is 0.253 e. The molecular weight excluding hydrogens is 268 g/mol. The van der Waals surface area contributed by atoms with Crippen molar-refractivity contribution in [1.82, 2.24) is 15.2 Å². The topological polar surface area (TPSA) is 65.5 Å². The Kier molecular flexibility index (Phi) is 4.57. The average molecular weight is 288 g/mol. The van der Waals surface area contributed by atoms with Crippen LogP contribution in [-0.4, -0.2) is 54.9 Å². The molecule has 0 aromatic carbocycles. The summed E-state index contributed by atoms with van der Waals surface area (Å²) in [6, 6.07) is 3.29. The van der Waals surface area contributed by atoms with Gasteiger partial charge in [-0.15, -0.1) is 6.58 Å². The fourth-order valence-corrected chi connectivity index (χ4v) is 2.32. The molecule has 1 fully saturated rings. The highest BCUT2D eigenvalue weighted by Gasteiger charge is 2.32. The lowest BCUT2D eigenvalue weighted by Crippen LogP contribution is -2.39. The Morgan fingerprint density at radius 1 is 1.62 bits per heavy atom. The first kappa shape index (κ1) is 15.0. The molecule has 1 aromatic rings. The van der Waals surface area contributed by atoms with Gasteiger partial charge in [-0.05, 0) is 18.6 Å². The Bertz CT molecular complexity index is 541. The van der Waals surface area contributed by atoms with Crippen molar-refractivity contribution in [2.45, 2.75) is 12.5 Å². The van der Waals surface area contributed by atoms with Crippen molar-refractivity contribution in [3.05, 3.63) is 36.5 Å². The van der Waals surface area contributed by atoms with Crippen molar-refractivity contribution in [3.8, 4) is 0 Å². The number of pyridine rings is 1. The predicted octanol–water partition coefficient (Wildman–Crippen LogP) is 0.664. The Morgan fingerprint density at radius 2 is 2.38 bits per heavy atom. The van der Waals surface area contributed by atoms with Crippen LogP contribution < -0.4 is 10.2 Å². The number of likely N-dealkylation sites (N-methyl/N-ethyl adjacent to an activating group) is 2. The predicted molar refractivity (Wildman–Crippen MR) is 81.2 cm³/mol. The van der Waals surface area contributed by atoms with Gasteiger partial charge < -0.3 is 15.1 Å². The molecule has 0 bridgehead atoms. The van der Waals surface area contributed by atoms with E-state index in [4.69, 9.17) is 0 Å². The van der Waals surface area contributed by atoms with E-state index in [0.717, 1.165) is 13.0 Å². The molecule has 1 aliphatic heterocycles. The molecule has 0 radical (unpaired) electrons. The molecule has 2 amide bonds. The third kappa shape index (κ3) is 3.21. The standard InChI is InChI=1S/C15H20N4O2/c1-4-8-16-14(20)11-5-6-13(17-10-11)19(3)12-7-9-18(2)15(12)21/h4-6,10,12H,1,7-9H2,2-3H3,(H,16,20). The van der Waals surface area contributed by atoms with Crippen LogP contribution in [0.1, 0.15) is 16.8 Å². The van der Waals surface area contributed by atoms with Crippen LogP contribution in [0.25, 0.3) is 0 Å². The molecule has 2 rings (SSSR count). The molecular formula is C15H20N4O2. The normalized spacial score (nSPS) is 17.7. The van der Waals surface area contributed by atoms with Gasteiger partial charge in [-0.1, -0.05) is 6.08 Å². The third-order valence-electron chi connectivity index (χ3n) is 3.65. The van der Waals surface area contributed by atoms with E-state index in [-0.39, 0.29) is 17.9 Å². The van der Waals surface area contributed by atoms with Crippen molar-refractivity contribution in [2.75, 3.05) is 32.1 Å². The first-order valence-corrected chi connectivity index (χ1v) is 6.87. The number of nitrogens with one attached hydrogen (secondary N) is 1. The summed E-state index contributed by atoms with van der Waals surface area (Å²) >= 11 is 0. The van der Waals surface area contributed by atoms with Gasteiger partial charge in [-0.2, -0.15) is 0 Å². The Labute approximate surface area is 124 Å². The maximum absolute atomic E-state index is 12.0. The number of anilines is 1. The van der Waals surface area contributed by atoms with E-state index < -0.39 is 0 Å². The summed E-state index contributed by atoms with van der Waals surface area (Å²) in [5.74, 6) is 0.601. The van der Waals surface area contributed by atoms with Gasteiger partial charge in [0.25, 0.3) is 5.91 Å². The third-order valence-corrected chi connectivity index (χ3v) is 3.65. The average Bonchev–Trinajstić information content (AvgIpc) is 2.84. The van der Waals surface area contributed by atoms with E-state index in [1.165, 1.54) is 6.20 Å². The number of rotatable bonds is 5. The molecule has 6 heteroatoms. The minimum atomic E-state index is -0.187. The van der Waals surface area contributed by atoms with Crippen LogP contribution in [0.2, 0.25) is 0 Å². The summed E-state index contributed by atoms with van der Waals surface area (Å²) in [5, 5.41) is 2.69. The number of carbonyl (C=O) groups is 2. The minimum absolute atomic E-state index is 0.104. The lowest BCUT2D eigenvalue weighted by atomic mass is 10.2. The van der Waals surface area contributed by atoms with Gasteiger partial charge in [-0.3, -0.25) is 9.59 Å². The highest BCUT2D eigenvalue weighted by Crippen LogP contribution is 2.20. The van der Waals surface area contributed by atoms with Crippen LogP contribution in [0.3, 0.4) is 0 Å². The van der Waals surface area contributed by atoms with Gasteiger partial charge in [0.05, 0.1) is 5.56 Å². The summed E-state index contributed by atoms with van der Waals surface area (Å²) in [6.07, 6.45) is 3.93. The first-order valence-electron chi connectivity index (χ1n) is 6.87. The van der Waals surface area contributed by atoms with Crippen molar-refractivity contribution in [1.29, 1.82) is 0 Å². The zero-order chi connectivity index (χ0) is 15.4. The molecule has 21 heavy (non-hydrogen) atoms. The second-order valence-electron chi connectivity index (χ2n) is 5.08. The van der Waals surface area contributed by atoms with E-state index in [9.17, 15) is 9.59 Å². The molecule has 0 aliphatic carbocycles. The van der Waals surface area contributed by atoms with Crippen LogP contribution >= 0.6 is 0 Å². The fraction of sp³-hybridized carbons (Fsp3) is 0.400. The van der Waals surface area contributed by atoms with Gasteiger partial charge in [0.15, 0.2) is 0 Å². The lowest BCUT2D eigenvalue weighted by molar-refractivity contribution is -0.127. The molecule has 1 saturated heterocycles. The summed E-state index contributed by atoms with van der Waals surface area (Å²) in [7, 11) is 3.65. The van der Waals surface area contributed by atoms with Crippen LogP contribution in [0.4, 0.5) is 5.82 Å². The van der Waals surface area contributed by atoms with Crippen molar-refractivity contribution in [2.24, 2.45) is 0 Å². The Balaban J connectivity index is 2.06. The van der Waals surface area contributed by atoms with Crippen molar-refractivity contribution in [3.63, 3.8) is 0 Å². The Hall–Kier alpha value is -2.37. The molecule has 1 unspecified atom stereocenters. The van der Waals surface area contributed by atoms with Crippen molar-refractivity contribution < 1.29 is 9.59 Å². The van der Waals surface area contributed by atoms with E-state index >= 15 is 0 Å². The lowest BCUT2D eigenvalue weighted by Gasteiger charge is -2.24. The van der Waals surface area contributed by atoms with Gasteiger partial charge in [0.2, 0.25) is 5.91 Å². The number of amides is 2. The van der Waals surface area contributed by atoms with Gasteiger partial charge >= 0.3 is 0 Å². The van der Waals surface area contributed by atoms with E-state index in [0.29, 0.717) is 17.9 Å². The molecule has 1 N–H and O–H groups in total. The number of nitrogens with zero attached hydrogens (tertiary/aromatic N) is 3. The number of aromatic nitrogens is 1. The summed E-state index contributed by atoms with van der Waals surface area (Å²) in [6.45, 7) is 4.73. The fourth-order valence-electron chi connectivity index (χ4n) is 2.32. The highest BCUT2D eigenvalue weighted by atomic mass is 16.2. The van der Waals surface area contributed by atoms with Crippen molar-refractivity contribution >= 4 is 17.6 Å². The van der Waals surface area contributed by atoms with Gasteiger partial charge in [-0.25, -0.2) is 4.98 Å². The van der Waals surface area contributed by atoms with Crippen LogP contribution in [0, 0.1) is 0 Å². The molecule has 112 valence electrons. The SMILES string of the molecule is C=CCNC(=O)c1ccc(N(C)C2CCN(C)C2=O)nc1. The number of hydrogen-bond donors (Lipinski definition) is 1. The molecule has 1 aromatic heterocycles. The zero-order valence-corrected chi connectivity index (χ0v) is 12.4. The quantitative estimate of drug-likeness (QED) is 0.809. The van der Waals surface area contributed by atoms with Gasteiger partial charge in [0, 0.05) is 33.4 Å². The highest BCUT2D eigenvalue weighted by molar-refractivity contribution is 5.94. The Morgan fingerprint density at radius 3 is 2.90 bits per heavy atom. The summed E-state index contributed by atoms with van der Waals surface area (Å²) < 4.78 is 0.